The second-order valence-corrected chi connectivity index (χ2v) is 27.0. The number of nitrogens with zero attached hydrogens (tertiary/aromatic N) is 4. The number of rotatable bonds is 4. The van der Waals surface area contributed by atoms with Crippen molar-refractivity contribution in [2.24, 2.45) is 0 Å². The fourth-order valence-electron chi connectivity index (χ4n) is 7.13. The van der Waals surface area contributed by atoms with Crippen molar-refractivity contribution in [3.63, 3.8) is 0 Å². The molecule has 0 aliphatic heterocycles. The molecule has 0 aliphatic carbocycles. The van der Waals surface area contributed by atoms with Gasteiger partial charge in [-0.15, -0.1) is 5.54 Å². The Hall–Kier alpha value is -4.32. The van der Waals surface area contributed by atoms with Gasteiger partial charge >= 0.3 is 11.4 Å². The van der Waals surface area contributed by atoms with Gasteiger partial charge < -0.3 is 11.1 Å². The summed E-state index contributed by atoms with van der Waals surface area (Å²) in [6.07, 6.45) is 0. The van der Waals surface area contributed by atoms with E-state index in [0.717, 1.165) is 90.2 Å². The van der Waals surface area contributed by atoms with Crippen molar-refractivity contribution in [1.29, 1.82) is 0 Å². The largest absolute Gasteiger partial charge is 0.361 e. The summed E-state index contributed by atoms with van der Waals surface area (Å²) in [4.78, 5) is 7.62. The summed E-state index contributed by atoms with van der Waals surface area (Å²) in [6, 6.07) is 22.4. The molecule has 0 unspecified atom stereocenters. The van der Waals surface area contributed by atoms with Crippen molar-refractivity contribution in [2.75, 3.05) is 0 Å². The lowest BCUT2D eigenvalue weighted by Gasteiger charge is -2.21. The van der Waals surface area contributed by atoms with Gasteiger partial charge in [0, 0.05) is 45.7 Å². The minimum absolute atomic E-state index is 0.0117. The van der Waals surface area contributed by atoms with Crippen LogP contribution in [0.5, 0.6) is 0 Å². The van der Waals surface area contributed by atoms with Gasteiger partial charge in [0.15, 0.2) is 0 Å². The zero-order valence-corrected chi connectivity index (χ0v) is 45.0. The molecule has 0 heterocycles. The van der Waals surface area contributed by atoms with E-state index in [-0.39, 0.29) is 10.8 Å². The Morgan fingerprint density at radius 1 is 0.435 bits per heavy atom. The highest BCUT2D eigenvalue weighted by molar-refractivity contribution is 9.11. The molecule has 0 aromatic heterocycles. The van der Waals surface area contributed by atoms with E-state index in [4.69, 9.17) is 0 Å². The molecule has 0 amide bonds. The molecule has 5 aromatic rings. The topological polar surface area (TPSA) is 72.8 Å². The van der Waals surface area contributed by atoms with Gasteiger partial charge in [0.2, 0.25) is 0 Å². The van der Waals surface area contributed by atoms with Crippen LogP contribution in [0.3, 0.4) is 0 Å². The molecular formula is C53H50Br4N4Si. The van der Waals surface area contributed by atoms with Crippen molar-refractivity contribution >= 4 is 83.2 Å². The maximum atomic E-state index is 10.4. The molecule has 9 heteroatoms. The zero-order chi connectivity index (χ0) is 46.1. The van der Waals surface area contributed by atoms with E-state index in [2.05, 4.69) is 222 Å². The summed E-state index contributed by atoms with van der Waals surface area (Å²) < 4.78 is 2.98. The molecule has 0 radical (unpaired) electrons. The fraction of sp³-hybridized carbons (Fsp3) is 0.283. The first-order valence-corrected chi connectivity index (χ1v) is 26.9. The van der Waals surface area contributed by atoms with Crippen LogP contribution in [0.15, 0.2) is 84.6 Å². The quantitative estimate of drug-likeness (QED) is 0.0566. The Bertz CT molecular complexity index is 2690. The lowest BCUT2D eigenvalue weighted by Crippen LogP contribution is -2.16. The molecule has 0 fully saturated rings. The van der Waals surface area contributed by atoms with Crippen molar-refractivity contribution in [3.8, 4) is 35.1 Å². The van der Waals surface area contributed by atoms with Crippen LogP contribution in [0.1, 0.15) is 125 Å². The molecule has 62 heavy (non-hydrogen) atoms. The first-order chi connectivity index (χ1) is 28.8. The molecule has 0 spiro atoms. The predicted molar refractivity (Wildman–Crippen MR) is 275 cm³/mol. The van der Waals surface area contributed by atoms with E-state index in [1.54, 1.807) is 0 Å². The summed E-state index contributed by atoms with van der Waals surface area (Å²) in [5.74, 6) is 16.8. The highest BCUT2D eigenvalue weighted by atomic mass is 79.9. The third-order valence-electron chi connectivity index (χ3n) is 10.2. The van der Waals surface area contributed by atoms with Gasteiger partial charge in [-0.2, -0.15) is 9.58 Å². The molecule has 314 valence electrons. The maximum Gasteiger partial charge on any atom is 0.332 e. The van der Waals surface area contributed by atoms with Crippen LogP contribution < -0.4 is 0 Å². The third kappa shape index (κ3) is 11.6. The first-order valence-electron chi connectivity index (χ1n) is 20.2. The highest BCUT2D eigenvalue weighted by Gasteiger charge is 2.29. The number of hydrogen-bond acceptors (Lipinski definition) is 0. The molecule has 0 aliphatic rings. The van der Waals surface area contributed by atoms with Crippen LogP contribution in [0, 0.1) is 62.8 Å². The molecule has 4 nitrogen and oxygen atoms in total. The van der Waals surface area contributed by atoms with E-state index in [0.29, 0.717) is 11.4 Å². The van der Waals surface area contributed by atoms with Gasteiger partial charge in [-0.3, -0.25) is 0 Å². The van der Waals surface area contributed by atoms with Gasteiger partial charge in [-0.05, 0) is 178 Å². The molecule has 0 atom stereocenters. The smallest absolute Gasteiger partial charge is 0.332 e. The molecule has 0 saturated carbocycles. The lowest BCUT2D eigenvalue weighted by atomic mass is 9.82. The third-order valence-corrected chi connectivity index (χ3v) is 13.6. The van der Waals surface area contributed by atoms with Crippen LogP contribution in [-0.4, -0.2) is 29.1 Å². The predicted octanol–water partition coefficient (Wildman–Crippen LogP) is 14.7. The van der Waals surface area contributed by atoms with Crippen LogP contribution in [0.2, 0.25) is 19.6 Å². The molecule has 0 saturated heterocycles. The van der Waals surface area contributed by atoms with Gasteiger partial charge in [0.1, 0.15) is 8.07 Å². The van der Waals surface area contributed by atoms with Gasteiger partial charge in [0.05, 0.1) is 22.3 Å². The molecule has 5 rings (SSSR count). The fourth-order valence-corrected chi connectivity index (χ4v) is 10.8. The van der Waals surface area contributed by atoms with E-state index in [1.807, 2.05) is 42.5 Å². The number of benzene rings is 5. The van der Waals surface area contributed by atoms with E-state index in [9.17, 15) is 11.1 Å². The average Bonchev–Trinajstić information content (AvgIpc) is 3.15. The maximum absolute atomic E-state index is 10.4. The van der Waals surface area contributed by atoms with Crippen molar-refractivity contribution in [1.82, 2.24) is 0 Å². The van der Waals surface area contributed by atoms with Gasteiger partial charge in [-0.25, -0.2) is 0 Å². The molecule has 0 bridgehead atoms. The highest BCUT2D eigenvalue weighted by Crippen LogP contribution is 2.35. The summed E-state index contributed by atoms with van der Waals surface area (Å²) in [5.41, 5.74) is 38.9. The number of aryl methyl sites for hydroxylation is 4. The molecule has 0 N–H and O–H groups in total. The second-order valence-electron chi connectivity index (χ2n) is 18.8. The van der Waals surface area contributed by atoms with E-state index < -0.39 is 8.07 Å². The number of halogens is 4. The van der Waals surface area contributed by atoms with E-state index in [1.165, 1.54) is 11.1 Å². The minimum Gasteiger partial charge on any atom is -0.361 e. The van der Waals surface area contributed by atoms with Crippen LogP contribution in [0.25, 0.3) is 11.1 Å². The van der Waals surface area contributed by atoms with Crippen molar-refractivity contribution < 1.29 is 9.58 Å². The summed E-state index contributed by atoms with van der Waals surface area (Å²) in [7, 11) is -1.67. The number of hydrogen-bond donors (Lipinski definition) is 0. The Balaban J connectivity index is 1.53. The molecular weight excluding hydrogens is 1040 g/mol. The lowest BCUT2D eigenvalue weighted by molar-refractivity contribution is -0.00343. The standard InChI is InChI=1S/C53H50Br4N4Si/c1-31-20-40(52(5,6)7)21-32(2)46(31)50(60-58)48-42(54)27-37(28-43(48)55)16-14-35-24-36(26-39(25-35)18-19-62(11,12)13)15-17-38-29-44(56)49(45(57)30-38)51(61-59)47-33(3)22-41(23-34(47)4)53(8,9)10/h20-30H,1-13H3. The monoisotopic (exact) mass is 1090 g/mol. The van der Waals surface area contributed by atoms with Crippen LogP contribution in [-0.2, 0) is 10.8 Å². The van der Waals surface area contributed by atoms with Gasteiger partial charge in [-0.1, -0.05) is 115 Å². The van der Waals surface area contributed by atoms with Crippen molar-refractivity contribution in [2.45, 2.75) is 99.7 Å². The average molecular weight is 1090 g/mol. The minimum atomic E-state index is -1.67. The Morgan fingerprint density at radius 2 is 0.694 bits per heavy atom. The Kier molecular flexibility index (Phi) is 15.1. The summed E-state index contributed by atoms with van der Waals surface area (Å²) in [6.45, 7) is 28.0. The Labute approximate surface area is 403 Å². The van der Waals surface area contributed by atoms with E-state index >= 15 is 0 Å². The molecule has 5 aromatic carbocycles. The van der Waals surface area contributed by atoms with Crippen LogP contribution >= 0.6 is 63.7 Å². The second kappa shape index (κ2) is 19.2. The summed E-state index contributed by atoms with van der Waals surface area (Å²) in [5, 5.41) is 0. The summed E-state index contributed by atoms with van der Waals surface area (Å²) >= 11 is 15.1. The van der Waals surface area contributed by atoms with Crippen molar-refractivity contribution in [3.05, 3.63) is 179 Å². The zero-order valence-electron chi connectivity index (χ0n) is 37.7. The SMILES string of the molecule is Cc1cc(C(C)(C)C)cc(C)c1C(=[N+]=[N-])c1c(Br)cc(C#Cc2cc(C#Cc3cc(Br)c(C(=[N+]=[N-])c4c(C)cc(C(C)(C)C)cc4C)c(Br)c3)cc(C#C[Si](C)(C)C)c2)cc1Br. The van der Waals surface area contributed by atoms with Gasteiger partial charge in [0.25, 0.3) is 0 Å². The Morgan fingerprint density at radius 3 is 0.935 bits per heavy atom. The normalized spacial score (nSPS) is 11.2. The first kappa shape index (κ1) is 48.7. The van der Waals surface area contributed by atoms with Crippen LogP contribution in [0.4, 0.5) is 0 Å².